The fourth-order valence-corrected chi connectivity index (χ4v) is 3.49. The number of benzene rings is 2. The Labute approximate surface area is 151 Å². The monoisotopic (exact) mass is 367 g/mol. The number of hydrogen-bond donors (Lipinski definition) is 0. The van der Waals surface area contributed by atoms with Crippen LogP contribution in [0, 0.1) is 0 Å². The van der Waals surface area contributed by atoms with Gasteiger partial charge in [-0.25, -0.2) is 0 Å². The zero-order valence-electron chi connectivity index (χ0n) is 13.7. The van der Waals surface area contributed by atoms with E-state index in [1.165, 1.54) is 0 Å². The number of halogens is 1. The topological polar surface area (TPSA) is 61.0 Å². The standard InChI is InChI=1S/C18H19NO2S.ClH.H2O/c1-19(2)10-5-11-21-13-8-9-17-15(12-13)18(20)14-6-3-4-7-16(14)22-17;;/h3-4,6-9,12H,5,10-11H2,1-2H3;1H;1H2. The second-order valence-electron chi connectivity index (χ2n) is 5.59. The van der Waals surface area contributed by atoms with E-state index >= 15 is 0 Å². The summed E-state index contributed by atoms with van der Waals surface area (Å²) in [4.78, 5) is 14.7. The van der Waals surface area contributed by atoms with Gasteiger partial charge in [0, 0.05) is 26.7 Å². The van der Waals surface area contributed by atoms with E-state index in [2.05, 4.69) is 4.90 Å². The number of rotatable bonds is 5. The lowest BCUT2D eigenvalue weighted by Gasteiger charge is -2.10. The fourth-order valence-electron chi connectivity index (χ4n) is 2.44. The smallest absolute Gasteiger partial charge is 0.196 e. The normalized spacial score (nSPS) is 10.5. The molecule has 3 rings (SSSR count). The van der Waals surface area contributed by atoms with Crippen molar-refractivity contribution < 1.29 is 10.2 Å². The predicted octanol–water partition coefficient (Wildman–Crippen LogP) is 3.34. The van der Waals surface area contributed by atoms with Gasteiger partial charge in [-0.3, -0.25) is 4.79 Å². The van der Waals surface area contributed by atoms with E-state index in [1.54, 1.807) is 11.3 Å². The highest BCUT2D eigenvalue weighted by Gasteiger charge is 2.07. The van der Waals surface area contributed by atoms with Gasteiger partial charge in [-0.15, -0.1) is 23.7 Å². The highest BCUT2D eigenvalue weighted by molar-refractivity contribution is 7.24. The highest BCUT2D eigenvalue weighted by atomic mass is 35.5. The lowest BCUT2D eigenvalue weighted by atomic mass is 10.2. The van der Waals surface area contributed by atoms with Crippen LogP contribution in [0.1, 0.15) is 6.42 Å². The Morgan fingerprint density at radius 1 is 1.04 bits per heavy atom. The Kier molecular flexibility index (Phi) is 7.63. The first-order valence-corrected chi connectivity index (χ1v) is 8.20. The Balaban J connectivity index is 0.00000144. The molecule has 0 aliphatic heterocycles. The quantitative estimate of drug-likeness (QED) is 0.513. The summed E-state index contributed by atoms with van der Waals surface area (Å²) in [6.45, 7) is 1.65. The molecule has 3 aromatic rings. The molecule has 0 fully saturated rings. The maximum absolute atomic E-state index is 12.6. The van der Waals surface area contributed by atoms with E-state index < -0.39 is 0 Å². The minimum atomic E-state index is 0. The van der Waals surface area contributed by atoms with Crippen molar-refractivity contribution in [1.82, 2.24) is 4.90 Å². The minimum Gasteiger partial charge on any atom is -0.494 e. The summed E-state index contributed by atoms with van der Waals surface area (Å²) in [5, 5.41) is 1.53. The van der Waals surface area contributed by atoms with Crippen LogP contribution >= 0.6 is 23.7 Å². The molecule has 4 nitrogen and oxygen atoms in total. The Morgan fingerprint density at radius 3 is 2.50 bits per heavy atom. The molecule has 1 heterocycles. The maximum Gasteiger partial charge on any atom is 0.196 e. The van der Waals surface area contributed by atoms with E-state index in [0.717, 1.165) is 38.9 Å². The van der Waals surface area contributed by atoms with Crippen LogP contribution in [0.5, 0.6) is 5.75 Å². The van der Waals surface area contributed by atoms with E-state index in [1.807, 2.05) is 56.6 Å². The first kappa shape index (κ1) is 20.4. The Hall–Kier alpha value is -1.66. The van der Waals surface area contributed by atoms with Crippen molar-refractivity contribution in [2.75, 3.05) is 27.2 Å². The van der Waals surface area contributed by atoms with E-state index in [9.17, 15) is 4.79 Å². The van der Waals surface area contributed by atoms with Crippen molar-refractivity contribution in [2.45, 2.75) is 6.42 Å². The molecule has 2 N–H and O–H groups in total. The SMILES string of the molecule is CN(C)CCCOc1ccc2sc3ccccc3c(=O)c2c1.Cl.O. The molecule has 0 saturated heterocycles. The van der Waals surface area contributed by atoms with Crippen LogP contribution in [0.2, 0.25) is 0 Å². The molecule has 0 bridgehead atoms. The number of ether oxygens (including phenoxy) is 1. The van der Waals surface area contributed by atoms with Crippen LogP contribution < -0.4 is 10.2 Å². The number of nitrogens with zero attached hydrogens (tertiary/aromatic N) is 1. The summed E-state index contributed by atoms with van der Waals surface area (Å²) in [5.74, 6) is 0.769. The second kappa shape index (κ2) is 8.99. The number of fused-ring (bicyclic) bond motifs is 2. The molecule has 0 spiro atoms. The zero-order valence-corrected chi connectivity index (χ0v) is 15.4. The third-order valence-corrected chi connectivity index (χ3v) is 4.72. The second-order valence-corrected chi connectivity index (χ2v) is 6.67. The molecule has 6 heteroatoms. The number of hydrogen-bond acceptors (Lipinski definition) is 4. The third kappa shape index (κ3) is 4.45. The van der Waals surface area contributed by atoms with Crippen molar-refractivity contribution in [3.63, 3.8) is 0 Å². The van der Waals surface area contributed by atoms with Gasteiger partial charge in [0.1, 0.15) is 5.75 Å². The van der Waals surface area contributed by atoms with Crippen LogP contribution in [0.4, 0.5) is 0 Å². The Bertz CT molecular complexity index is 864. The molecular weight excluding hydrogens is 346 g/mol. The van der Waals surface area contributed by atoms with Gasteiger partial charge in [-0.2, -0.15) is 0 Å². The molecule has 0 saturated carbocycles. The van der Waals surface area contributed by atoms with Gasteiger partial charge in [0.05, 0.1) is 6.61 Å². The summed E-state index contributed by atoms with van der Waals surface area (Å²) in [5.41, 5.74) is 0.0862. The van der Waals surface area contributed by atoms with Crippen LogP contribution in [0.3, 0.4) is 0 Å². The summed E-state index contributed by atoms with van der Waals surface area (Å²) in [7, 11) is 4.10. The van der Waals surface area contributed by atoms with Crippen LogP contribution in [0.15, 0.2) is 47.3 Å². The average Bonchev–Trinajstić information content (AvgIpc) is 2.52. The molecule has 2 aromatic carbocycles. The van der Waals surface area contributed by atoms with Crippen LogP contribution in [0.25, 0.3) is 20.2 Å². The predicted molar refractivity (Wildman–Crippen MR) is 105 cm³/mol. The summed E-state index contributed by atoms with van der Waals surface area (Å²) < 4.78 is 7.80. The van der Waals surface area contributed by atoms with Gasteiger partial charge in [-0.1, -0.05) is 12.1 Å². The van der Waals surface area contributed by atoms with Crippen LogP contribution in [-0.2, 0) is 0 Å². The molecule has 0 amide bonds. The first-order chi connectivity index (χ1) is 10.6. The molecule has 1 aromatic heterocycles. The zero-order chi connectivity index (χ0) is 15.5. The van der Waals surface area contributed by atoms with Crippen molar-refractivity contribution >= 4 is 43.9 Å². The van der Waals surface area contributed by atoms with Gasteiger partial charge in [0.2, 0.25) is 0 Å². The lowest BCUT2D eigenvalue weighted by molar-refractivity contribution is 0.282. The van der Waals surface area contributed by atoms with Crippen molar-refractivity contribution in [1.29, 1.82) is 0 Å². The fraction of sp³-hybridized carbons (Fsp3) is 0.278. The minimum absolute atomic E-state index is 0. The average molecular weight is 368 g/mol. The van der Waals surface area contributed by atoms with Crippen LogP contribution in [-0.4, -0.2) is 37.6 Å². The maximum atomic E-state index is 12.6. The molecule has 130 valence electrons. The first-order valence-electron chi connectivity index (χ1n) is 7.38. The van der Waals surface area contributed by atoms with Gasteiger partial charge in [0.25, 0.3) is 0 Å². The Morgan fingerprint density at radius 2 is 1.75 bits per heavy atom. The van der Waals surface area contributed by atoms with Crippen molar-refractivity contribution in [3.8, 4) is 5.75 Å². The molecule has 0 radical (unpaired) electrons. The summed E-state index contributed by atoms with van der Waals surface area (Å²) in [6.07, 6.45) is 0.968. The van der Waals surface area contributed by atoms with Gasteiger partial charge in [0.15, 0.2) is 5.43 Å². The largest absolute Gasteiger partial charge is 0.494 e. The summed E-state index contributed by atoms with van der Waals surface area (Å²) in [6, 6.07) is 13.6. The summed E-state index contributed by atoms with van der Waals surface area (Å²) >= 11 is 1.64. The lowest BCUT2D eigenvalue weighted by Crippen LogP contribution is -2.15. The van der Waals surface area contributed by atoms with Gasteiger partial charge in [-0.05, 0) is 50.8 Å². The van der Waals surface area contributed by atoms with Gasteiger partial charge >= 0.3 is 0 Å². The van der Waals surface area contributed by atoms with Crippen molar-refractivity contribution in [2.24, 2.45) is 0 Å². The molecule has 24 heavy (non-hydrogen) atoms. The molecule has 0 aliphatic carbocycles. The molecular formula is C18H22ClNO3S. The third-order valence-electron chi connectivity index (χ3n) is 3.57. The molecule has 0 aliphatic rings. The van der Waals surface area contributed by atoms with E-state index in [0.29, 0.717) is 6.61 Å². The highest BCUT2D eigenvalue weighted by Crippen LogP contribution is 2.27. The molecule has 0 atom stereocenters. The molecule has 0 unspecified atom stereocenters. The van der Waals surface area contributed by atoms with E-state index in [-0.39, 0.29) is 23.3 Å². The van der Waals surface area contributed by atoms with Gasteiger partial charge < -0.3 is 15.1 Å². The van der Waals surface area contributed by atoms with E-state index in [4.69, 9.17) is 4.74 Å². The van der Waals surface area contributed by atoms with Crippen molar-refractivity contribution in [3.05, 3.63) is 52.7 Å².